The molecule has 166 valence electrons. The van der Waals surface area contributed by atoms with E-state index in [1.807, 2.05) is 25.1 Å². The summed E-state index contributed by atoms with van der Waals surface area (Å²) < 4.78 is 0. The number of carbonyl (C=O) groups is 2. The number of nitrogens with zero attached hydrogens (tertiary/aromatic N) is 1. The van der Waals surface area contributed by atoms with Crippen LogP contribution in [0.4, 0.5) is 17.1 Å². The molecule has 9 heteroatoms. The lowest BCUT2D eigenvalue weighted by Gasteiger charge is -2.10. The molecular weight excluding hydrogens is 440 g/mol. The molecule has 8 nitrogen and oxygen atoms in total. The molecule has 0 heterocycles. The second-order valence-electron chi connectivity index (χ2n) is 6.98. The zero-order valence-electron chi connectivity index (χ0n) is 17.6. The van der Waals surface area contributed by atoms with Crippen molar-refractivity contribution in [2.75, 3.05) is 10.6 Å². The Morgan fingerprint density at radius 2 is 1.61 bits per heavy atom. The summed E-state index contributed by atoms with van der Waals surface area (Å²) in [4.78, 5) is 34.8. The van der Waals surface area contributed by atoms with Gasteiger partial charge in [-0.15, -0.1) is 0 Å². The summed E-state index contributed by atoms with van der Waals surface area (Å²) in [5.74, 6) is -0.687. The third-order valence-electron chi connectivity index (χ3n) is 4.54. The summed E-state index contributed by atoms with van der Waals surface area (Å²) in [7, 11) is 0. The Labute approximate surface area is 195 Å². The maximum absolute atomic E-state index is 12.4. The van der Waals surface area contributed by atoms with Crippen LogP contribution in [0.1, 0.15) is 21.5 Å². The Balaban J connectivity index is 1.52. The van der Waals surface area contributed by atoms with E-state index in [-0.39, 0.29) is 16.7 Å². The Hall–Kier alpha value is -4.37. The molecule has 0 aliphatic rings. The lowest BCUT2D eigenvalue weighted by atomic mass is 10.1. The Morgan fingerprint density at radius 1 is 0.939 bits per heavy atom. The van der Waals surface area contributed by atoms with E-state index in [2.05, 4.69) is 16.0 Å². The number of hydrogen-bond acceptors (Lipinski definition) is 5. The maximum atomic E-state index is 12.4. The van der Waals surface area contributed by atoms with Crippen LogP contribution in [0.2, 0.25) is 0 Å². The molecule has 0 radical (unpaired) electrons. The fourth-order valence-electron chi connectivity index (χ4n) is 2.89. The average molecular weight is 461 g/mol. The topological polar surface area (TPSA) is 113 Å². The summed E-state index contributed by atoms with van der Waals surface area (Å²) in [6, 6.07) is 20.1. The van der Waals surface area contributed by atoms with Gasteiger partial charge in [0.1, 0.15) is 0 Å². The van der Waals surface area contributed by atoms with E-state index in [9.17, 15) is 19.7 Å². The summed E-state index contributed by atoms with van der Waals surface area (Å²) in [5.41, 5.74) is 3.17. The Kier molecular flexibility index (Phi) is 7.61. The van der Waals surface area contributed by atoms with E-state index in [0.29, 0.717) is 22.5 Å². The molecule has 33 heavy (non-hydrogen) atoms. The van der Waals surface area contributed by atoms with Crippen LogP contribution in [0.3, 0.4) is 0 Å². The van der Waals surface area contributed by atoms with Crippen LogP contribution >= 0.6 is 12.2 Å². The predicted octanol–water partition coefficient (Wildman–Crippen LogP) is 4.68. The van der Waals surface area contributed by atoms with Gasteiger partial charge in [-0.2, -0.15) is 0 Å². The molecule has 0 bridgehead atoms. The van der Waals surface area contributed by atoms with Gasteiger partial charge in [-0.1, -0.05) is 30.3 Å². The highest BCUT2D eigenvalue weighted by Crippen LogP contribution is 2.16. The standard InChI is InChI=1S/C24H20N4O4S/c1-16-5-2-3-8-21(16)23(30)25-18-10-12-19(13-11-18)26-24(33)27-22(29)14-9-17-6-4-7-20(15-17)28(31)32/h2-15H,1H3,(H,25,30)(H2,26,27,29,33)/b14-9+. The molecule has 3 rings (SSSR count). The molecule has 0 saturated carbocycles. The van der Waals surface area contributed by atoms with E-state index in [0.717, 1.165) is 5.56 Å². The molecular formula is C24H20N4O4S. The van der Waals surface area contributed by atoms with E-state index >= 15 is 0 Å². The largest absolute Gasteiger partial charge is 0.332 e. The van der Waals surface area contributed by atoms with Gasteiger partial charge in [0.15, 0.2) is 5.11 Å². The fraction of sp³-hybridized carbons (Fsp3) is 0.0417. The Morgan fingerprint density at radius 3 is 2.27 bits per heavy atom. The SMILES string of the molecule is Cc1ccccc1C(=O)Nc1ccc(NC(=S)NC(=O)/C=C/c2cccc([N+](=O)[O-])c2)cc1. The van der Waals surface area contributed by atoms with Crippen molar-refractivity contribution in [1.82, 2.24) is 5.32 Å². The molecule has 0 fully saturated rings. The molecule has 0 aliphatic carbocycles. The number of nitrogens with one attached hydrogen (secondary N) is 3. The van der Waals surface area contributed by atoms with Crippen molar-refractivity contribution >= 4 is 52.3 Å². The number of thiocarbonyl (C=S) groups is 1. The highest BCUT2D eigenvalue weighted by Gasteiger charge is 2.09. The van der Waals surface area contributed by atoms with Crippen LogP contribution in [-0.2, 0) is 4.79 Å². The second-order valence-corrected chi connectivity index (χ2v) is 7.38. The summed E-state index contributed by atoms with van der Waals surface area (Å²) in [5, 5.41) is 19.1. The van der Waals surface area contributed by atoms with Crippen LogP contribution in [0.15, 0.2) is 78.9 Å². The van der Waals surface area contributed by atoms with Crippen LogP contribution in [0, 0.1) is 17.0 Å². The zero-order valence-corrected chi connectivity index (χ0v) is 18.4. The highest BCUT2D eigenvalue weighted by molar-refractivity contribution is 7.80. The summed E-state index contributed by atoms with van der Waals surface area (Å²) in [6.45, 7) is 1.87. The van der Waals surface area contributed by atoms with E-state index in [1.165, 1.54) is 30.4 Å². The molecule has 3 aromatic rings. The number of benzene rings is 3. The minimum Gasteiger partial charge on any atom is -0.332 e. The fourth-order valence-corrected chi connectivity index (χ4v) is 3.11. The normalized spacial score (nSPS) is 10.5. The number of nitro benzene ring substituents is 1. The number of non-ortho nitro benzene ring substituents is 1. The number of anilines is 2. The molecule has 2 amide bonds. The number of carbonyl (C=O) groups excluding carboxylic acids is 2. The molecule has 3 N–H and O–H groups in total. The first-order valence-electron chi connectivity index (χ1n) is 9.83. The van der Waals surface area contributed by atoms with Crippen LogP contribution in [-0.4, -0.2) is 21.9 Å². The van der Waals surface area contributed by atoms with Gasteiger partial charge in [0.05, 0.1) is 4.92 Å². The van der Waals surface area contributed by atoms with Crippen molar-refractivity contribution in [3.8, 4) is 0 Å². The van der Waals surface area contributed by atoms with Crippen LogP contribution in [0.25, 0.3) is 6.08 Å². The predicted molar refractivity (Wildman–Crippen MR) is 132 cm³/mol. The van der Waals surface area contributed by atoms with Crippen molar-refractivity contribution in [2.24, 2.45) is 0 Å². The molecule has 3 aromatic carbocycles. The first-order valence-corrected chi connectivity index (χ1v) is 10.2. The van der Waals surface area contributed by atoms with Gasteiger partial charge in [0.2, 0.25) is 5.91 Å². The molecule has 0 spiro atoms. The van der Waals surface area contributed by atoms with Gasteiger partial charge in [-0.3, -0.25) is 25.0 Å². The lowest BCUT2D eigenvalue weighted by molar-refractivity contribution is -0.384. The molecule has 0 aliphatic heterocycles. The number of nitro groups is 1. The van der Waals surface area contributed by atoms with E-state index in [1.54, 1.807) is 36.4 Å². The van der Waals surface area contributed by atoms with Gasteiger partial charge in [0, 0.05) is 35.1 Å². The minimum atomic E-state index is -0.504. The van der Waals surface area contributed by atoms with Crippen LogP contribution < -0.4 is 16.0 Å². The van der Waals surface area contributed by atoms with Crippen molar-refractivity contribution in [1.29, 1.82) is 0 Å². The third-order valence-corrected chi connectivity index (χ3v) is 4.74. The second kappa shape index (κ2) is 10.8. The van der Waals surface area contributed by atoms with Crippen molar-refractivity contribution in [3.63, 3.8) is 0 Å². The number of hydrogen-bond donors (Lipinski definition) is 3. The van der Waals surface area contributed by atoms with Crippen molar-refractivity contribution in [2.45, 2.75) is 6.92 Å². The molecule has 0 saturated heterocycles. The monoisotopic (exact) mass is 460 g/mol. The van der Waals surface area contributed by atoms with Crippen molar-refractivity contribution < 1.29 is 14.5 Å². The number of amides is 2. The van der Waals surface area contributed by atoms with Gasteiger partial charge in [0.25, 0.3) is 11.6 Å². The van der Waals surface area contributed by atoms with Crippen LogP contribution in [0.5, 0.6) is 0 Å². The summed E-state index contributed by atoms with van der Waals surface area (Å²) >= 11 is 5.14. The van der Waals surface area contributed by atoms with Gasteiger partial charge >= 0.3 is 0 Å². The van der Waals surface area contributed by atoms with Gasteiger partial charge in [-0.05, 0) is 66.7 Å². The van der Waals surface area contributed by atoms with Gasteiger partial charge in [-0.25, -0.2) is 0 Å². The Bertz CT molecular complexity index is 1240. The zero-order chi connectivity index (χ0) is 23.8. The molecule has 0 aromatic heterocycles. The quantitative estimate of drug-likeness (QED) is 0.213. The number of aryl methyl sites for hydroxylation is 1. The highest BCUT2D eigenvalue weighted by atomic mass is 32.1. The smallest absolute Gasteiger partial charge is 0.270 e. The first kappa shape index (κ1) is 23.3. The summed E-state index contributed by atoms with van der Waals surface area (Å²) in [6.07, 6.45) is 2.69. The molecule has 0 unspecified atom stereocenters. The molecule has 0 atom stereocenters. The minimum absolute atomic E-state index is 0.0618. The third kappa shape index (κ3) is 6.81. The van der Waals surface area contributed by atoms with Crippen molar-refractivity contribution in [3.05, 3.63) is 106 Å². The lowest BCUT2D eigenvalue weighted by Crippen LogP contribution is -2.32. The van der Waals surface area contributed by atoms with E-state index < -0.39 is 10.8 Å². The maximum Gasteiger partial charge on any atom is 0.270 e. The number of rotatable bonds is 6. The van der Waals surface area contributed by atoms with Gasteiger partial charge < -0.3 is 10.6 Å². The average Bonchev–Trinajstić information content (AvgIpc) is 2.79. The first-order chi connectivity index (χ1) is 15.8. The van der Waals surface area contributed by atoms with E-state index in [4.69, 9.17) is 12.2 Å².